The number of nitrogens with one attached hydrogen (secondary N) is 2. The van der Waals surface area contributed by atoms with Crippen LogP contribution in [-0.4, -0.2) is 38.4 Å². The van der Waals surface area contributed by atoms with Crippen molar-refractivity contribution in [2.75, 3.05) is 19.3 Å². The van der Waals surface area contributed by atoms with Gasteiger partial charge in [-0.25, -0.2) is 9.97 Å². The number of rotatable bonds is 5. The summed E-state index contributed by atoms with van der Waals surface area (Å²) in [5.74, 6) is 2.08. The molecule has 1 atom stereocenters. The van der Waals surface area contributed by atoms with Gasteiger partial charge in [-0.3, -0.25) is 0 Å². The summed E-state index contributed by atoms with van der Waals surface area (Å²) in [5, 5.41) is 1.20. The van der Waals surface area contributed by atoms with Gasteiger partial charge in [-0.1, -0.05) is 18.2 Å². The molecule has 1 aliphatic rings. The van der Waals surface area contributed by atoms with E-state index in [1.807, 2.05) is 13.0 Å². The molecule has 0 saturated heterocycles. The summed E-state index contributed by atoms with van der Waals surface area (Å²) in [6.45, 7) is 4.04. The van der Waals surface area contributed by atoms with Gasteiger partial charge < -0.3 is 20.6 Å². The molecule has 6 nitrogen and oxygen atoms in total. The first-order valence-electron chi connectivity index (χ1n) is 10.6. The van der Waals surface area contributed by atoms with E-state index >= 15 is 0 Å². The second kappa shape index (κ2) is 7.61. The van der Waals surface area contributed by atoms with Crippen LogP contribution >= 0.6 is 0 Å². The third-order valence-corrected chi connectivity index (χ3v) is 5.98. The van der Waals surface area contributed by atoms with Crippen LogP contribution in [0.2, 0.25) is 0 Å². The molecule has 1 aliphatic carbocycles. The molecule has 3 aromatic heterocycles. The number of imidazole rings is 1. The van der Waals surface area contributed by atoms with Crippen LogP contribution < -0.4 is 5.73 Å². The number of nitrogen functional groups attached to an aromatic ring is 1. The molecule has 0 aliphatic heterocycles. The molecule has 30 heavy (non-hydrogen) atoms. The number of aryl methyl sites for hydroxylation is 1. The number of hydrogen-bond donors (Lipinski definition) is 3. The van der Waals surface area contributed by atoms with Gasteiger partial charge in [0.05, 0.1) is 5.52 Å². The number of nitrogens with two attached hydrogens (primary N) is 1. The van der Waals surface area contributed by atoms with E-state index < -0.39 is 0 Å². The van der Waals surface area contributed by atoms with E-state index in [2.05, 4.69) is 68.3 Å². The first-order chi connectivity index (χ1) is 14.5. The van der Waals surface area contributed by atoms with Crippen LogP contribution in [0.5, 0.6) is 0 Å². The second-order valence-corrected chi connectivity index (χ2v) is 8.57. The Morgan fingerprint density at radius 1 is 1.13 bits per heavy atom. The van der Waals surface area contributed by atoms with E-state index in [9.17, 15) is 0 Å². The summed E-state index contributed by atoms with van der Waals surface area (Å²) in [4.78, 5) is 18.1. The molecule has 154 valence electrons. The minimum Gasteiger partial charge on any atom is -0.384 e. The first kappa shape index (κ1) is 18.9. The third-order valence-electron chi connectivity index (χ3n) is 5.98. The van der Waals surface area contributed by atoms with Crippen LogP contribution in [0.25, 0.3) is 33.3 Å². The Morgan fingerprint density at radius 3 is 2.87 bits per heavy atom. The van der Waals surface area contributed by atoms with Crippen LogP contribution in [0.1, 0.15) is 30.7 Å². The zero-order valence-electron chi connectivity index (χ0n) is 17.6. The molecule has 4 aromatic rings. The summed E-state index contributed by atoms with van der Waals surface area (Å²) in [6, 6.07) is 10.8. The largest absolute Gasteiger partial charge is 0.384 e. The molecule has 0 saturated carbocycles. The van der Waals surface area contributed by atoms with Crippen molar-refractivity contribution in [3.63, 3.8) is 0 Å². The summed E-state index contributed by atoms with van der Waals surface area (Å²) in [5.41, 5.74) is 12.1. The highest BCUT2D eigenvalue weighted by Gasteiger charge is 2.15. The number of allylic oxidation sites excluding steroid dienone is 2. The van der Waals surface area contributed by atoms with Gasteiger partial charge in [0.2, 0.25) is 0 Å². The summed E-state index contributed by atoms with van der Waals surface area (Å²) < 4.78 is 0. The van der Waals surface area contributed by atoms with Gasteiger partial charge in [0.25, 0.3) is 0 Å². The maximum absolute atomic E-state index is 6.03. The van der Waals surface area contributed by atoms with E-state index in [4.69, 9.17) is 5.73 Å². The SMILES string of the molecule is Cc1nc2nc(N)cc(-c3cc4cc(CN(C)CC5CC=CCC5)ccc4[nH]3)c2[nH]1. The molecule has 0 bridgehead atoms. The topological polar surface area (TPSA) is 86.6 Å². The lowest BCUT2D eigenvalue weighted by Crippen LogP contribution is -2.25. The fourth-order valence-corrected chi connectivity index (χ4v) is 4.60. The van der Waals surface area contributed by atoms with Crippen LogP contribution in [0.15, 0.2) is 42.5 Å². The lowest BCUT2D eigenvalue weighted by molar-refractivity contribution is 0.258. The van der Waals surface area contributed by atoms with E-state index in [-0.39, 0.29) is 0 Å². The minimum absolute atomic E-state index is 0.475. The molecular weight excluding hydrogens is 372 g/mol. The zero-order valence-corrected chi connectivity index (χ0v) is 17.6. The first-order valence-corrected chi connectivity index (χ1v) is 10.6. The van der Waals surface area contributed by atoms with Crippen LogP contribution in [0, 0.1) is 12.8 Å². The maximum atomic E-state index is 6.03. The lowest BCUT2D eigenvalue weighted by atomic mass is 9.94. The number of nitrogens with zero attached hydrogens (tertiary/aromatic N) is 3. The standard InChI is InChI=1S/C24H28N6/c1-15-26-23-19(12-22(25)29-24(23)27-15)21-11-18-10-17(8-9-20(18)28-21)14-30(2)13-16-6-4-3-5-7-16/h3-4,8-12,16,28H,5-7,13-14H2,1-2H3,(H3,25,26,27,29). The van der Waals surface area contributed by atoms with Crippen LogP contribution in [-0.2, 0) is 6.54 Å². The number of fused-ring (bicyclic) bond motifs is 2. The predicted molar refractivity (Wildman–Crippen MR) is 123 cm³/mol. The molecule has 4 N–H and O–H groups in total. The number of pyridine rings is 1. The fourth-order valence-electron chi connectivity index (χ4n) is 4.60. The molecule has 3 heterocycles. The van der Waals surface area contributed by atoms with Crippen molar-refractivity contribution in [3.8, 4) is 11.3 Å². The molecule has 0 fully saturated rings. The predicted octanol–water partition coefficient (Wildman–Crippen LogP) is 4.78. The Morgan fingerprint density at radius 2 is 2.03 bits per heavy atom. The Kier molecular flexibility index (Phi) is 4.79. The van der Waals surface area contributed by atoms with Gasteiger partial charge in [0.15, 0.2) is 5.65 Å². The highest BCUT2D eigenvalue weighted by Crippen LogP contribution is 2.31. The number of H-pyrrole nitrogens is 2. The van der Waals surface area contributed by atoms with Crippen LogP contribution in [0.4, 0.5) is 5.82 Å². The van der Waals surface area contributed by atoms with Crippen molar-refractivity contribution in [2.24, 2.45) is 5.92 Å². The number of aromatic nitrogens is 4. The highest BCUT2D eigenvalue weighted by molar-refractivity contribution is 5.95. The lowest BCUT2D eigenvalue weighted by Gasteiger charge is -2.24. The van der Waals surface area contributed by atoms with Crippen molar-refractivity contribution < 1.29 is 0 Å². The third kappa shape index (κ3) is 3.71. The van der Waals surface area contributed by atoms with E-state index in [0.717, 1.165) is 47.1 Å². The average molecular weight is 401 g/mol. The molecule has 6 heteroatoms. The fraction of sp³-hybridized carbons (Fsp3) is 0.333. The van der Waals surface area contributed by atoms with Gasteiger partial charge in [-0.2, -0.15) is 0 Å². The van der Waals surface area contributed by atoms with Gasteiger partial charge in [-0.15, -0.1) is 0 Å². The molecule has 1 aromatic carbocycles. The highest BCUT2D eigenvalue weighted by atomic mass is 15.1. The van der Waals surface area contributed by atoms with Crippen molar-refractivity contribution >= 4 is 27.9 Å². The Labute approximate surface area is 176 Å². The smallest absolute Gasteiger partial charge is 0.180 e. The number of aromatic amines is 2. The molecule has 0 spiro atoms. The summed E-state index contributed by atoms with van der Waals surface area (Å²) in [7, 11) is 2.22. The number of anilines is 1. The molecule has 1 unspecified atom stereocenters. The van der Waals surface area contributed by atoms with Gasteiger partial charge in [-0.05, 0) is 69.0 Å². The molecule has 0 amide bonds. The van der Waals surface area contributed by atoms with Crippen molar-refractivity contribution in [1.82, 2.24) is 24.8 Å². The van der Waals surface area contributed by atoms with E-state index in [1.165, 1.54) is 30.2 Å². The number of benzene rings is 1. The monoisotopic (exact) mass is 400 g/mol. The quantitative estimate of drug-likeness (QED) is 0.421. The second-order valence-electron chi connectivity index (χ2n) is 8.57. The van der Waals surface area contributed by atoms with Crippen molar-refractivity contribution in [2.45, 2.75) is 32.7 Å². The van der Waals surface area contributed by atoms with Crippen LogP contribution in [0.3, 0.4) is 0 Å². The van der Waals surface area contributed by atoms with E-state index in [0.29, 0.717) is 11.5 Å². The Balaban J connectivity index is 1.41. The van der Waals surface area contributed by atoms with Gasteiger partial charge in [0, 0.05) is 35.2 Å². The molecule has 0 radical (unpaired) electrons. The molecule has 5 rings (SSSR count). The van der Waals surface area contributed by atoms with Gasteiger partial charge in [0.1, 0.15) is 11.6 Å². The van der Waals surface area contributed by atoms with E-state index in [1.54, 1.807) is 0 Å². The Hall–Kier alpha value is -3.12. The Bertz CT molecular complexity index is 1230. The summed E-state index contributed by atoms with van der Waals surface area (Å²) >= 11 is 0. The van der Waals surface area contributed by atoms with Crippen molar-refractivity contribution in [3.05, 3.63) is 53.9 Å². The average Bonchev–Trinajstić information content (AvgIpc) is 3.30. The molecular formula is C24H28N6. The van der Waals surface area contributed by atoms with Gasteiger partial charge >= 0.3 is 0 Å². The maximum Gasteiger partial charge on any atom is 0.180 e. The number of hydrogen-bond acceptors (Lipinski definition) is 4. The summed E-state index contributed by atoms with van der Waals surface area (Å²) in [6.07, 6.45) is 8.38. The minimum atomic E-state index is 0.475. The zero-order chi connectivity index (χ0) is 20.7. The normalized spacial score (nSPS) is 16.8. The van der Waals surface area contributed by atoms with Crippen molar-refractivity contribution in [1.29, 1.82) is 0 Å².